The van der Waals surface area contributed by atoms with Crippen LogP contribution in [0.2, 0.25) is 5.02 Å². The predicted molar refractivity (Wildman–Crippen MR) is 157 cm³/mol. The molecule has 11 heteroatoms. The van der Waals surface area contributed by atoms with Crippen LogP contribution in [-0.4, -0.2) is 43.6 Å². The molecule has 2 aliphatic rings. The maximum atomic E-state index is 13.2. The molecule has 3 aromatic carbocycles. The van der Waals surface area contributed by atoms with Crippen molar-refractivity contribution in [3.63, 3.8) is 0 Å². The molecule has 0 radical (unpaired) electrons. The Bertz CT molecular complexity index is 1800. The first kappa shape index (κ1) is 26.9. The summed E-state index contributed by atoms with van der Waals surface area (Å²) in [6, 6.07) is 23.0. The number of halogens is 1. The molecule has 2 aliphatic heterocycles. The number of rotatable bonds is 3. The number of aromatic nitrogens is 1. The molecule has 0 saturated carbocycles. The lowest BCUT2D eigenvalue weighted by atomic mass is 10.0. The molecule has 40 heavy (non-hydrogen) atoms. The molecule has 0 unspecified atom stereocenters. The fraction of sp³-hybridized carbons (Fsp3) is 0.241. The third kappa shape index (κ3) is 5.37. The van der Waals surface area contributed by atoms with Crippen molar-refractivity contribution in [2.75, 3.05) is 24.7 Å². The van der Waals surface area contributed by atoms with E-state index in [0.29, 0.717) is 36.2 Å². The Morgan fingerprint density at radius 1 is 0.950 bits per heavy atom. The number of hydrogen-bond donors (Lipinski definition) is 0. The van der Waals surface area contributed by atoms with Crippen LogP contribution in [0.15, 0.2) is 92.5 Å². The van der Waals surface area contributed by atoms with Crippen molar-refractivity contribution in [2.24, 2.45) is 0 Å². The van der Waals surface area contributed by atoms with E-state index in [1.807, 2.05) is 54.6 Å². The monoisotopic (exact) mass is 595 g/mol. The molecule has 1 saturated heterocycles. The van der Waals surface area contributed by atoms with Gasteiger partial charge in [-0.25, -0.2) is 13.2 Å². The molecule has 0 amide bonds. The number of nitrogens with zero attached hydrogens (tertiary/aromatic N) is 3. The number of thiophene rings is 1. The third-order valence-corrected chi connectivity index (χ3v) is 11.0. The zero-order valence-electron chi connectivity index (χ0n) is 21.4. The second kappa shape index (κ2) is 11.3. The summed E-state index contributed by atoms with van der Waals surface area (Å²) in [6.45, 7) is 2.05. The van der Waals surface area contributed by atoms with Crippen LogP contribution in [-0.2, 0) is 21.4 Å². The molecule has 8 nitrogen and oxygen atoms in total. The van der Waals surface area contributed by atoms with Crippen LogP contribution in [0, 0.1) is 0 Å². The highest BCUT2D eigenvalue weighted by Gasteiger charge is 2.34. The zero-order chi connectivity index (χ0) is 27.7. The molecule has 206 valence electrons. The average molecular weight is 596 g/mol. The van der Waals surface area contributed by atoms with Gasteiger partial charge in [0.25, 0.3) is 10.0 Å². The number of hydrogen-bond acceptors (Lipinski definition) is 8. The summed E-state index contributed by atoms with van der Waals surface area (Å²) >= 11 is 7.68. The molecular formula is C29H26ClN3O5S2. The van der Waals surface area contributed by atoms with Gasteiger partial charge in [-0.05, 0) is 54.6 Å². The first-order valence-electron chi connectivity index (χ1n) is 12.9. The number of sulfonamides is 1. The Morgan fingerprint density at radius 3 is 2.50 bits per heavy atom. The number of fused-ring (bicyclic) bond motifs is 3. The van der Waals surface area contributed by atoms with Gasteiger partial charge in [-0.3, -0.25) is 0 Å². The van der Waals surface area contributed by atoms with Gasteiger partial charge >= 0.3 is 5.76 Å². The van der Waals surface area contributed by atoms with E-state index in [-0.39, 0.29) is 6.04 Å². The molecule has 0 N–H and O–H groups in total. The van der Waals surface area contributed by atoms with Gasteiger partial charge < -0.3 is 14.1 Å². The number of anilines is 1. The fourth-order valence-corrected chi connectivity index (χ4v) is 8.36. The third-order valence-electron chi connectivity index (χ3n) is 7.18. The van der Waals surface area contributed by atoms with Gasteiger partial charge in [0.05, 0.1) is 12.1 Å². The highest BCUT2D eigenvalue weighted by Crippen LogP contribution is 2.36. The molecule has 2 aromatic heterocycles. The van der Waals surface area contributed by atoms with E-state index in [9.17, 15) is 13.2 Å². The van der Waals surface area contributed by atoms with Crippen LogP contribution >= 0.6 is 22.9 Å². The van der Waals surface area contributed by atoms with E-state index in [4.69, 9.17) is 16.3 Å². The first-order valence-corrected chi connectivity index (χ1v) is 15.5. The Balaban J connectivity index is 0.000000219. The van der Waals surface area contributed by atoms with Gasteiger partial charge in [0.2, 0.25) is 0 Å². The largest absolute Gasteiger partial charge is 0.439 e. The van der Waals surface area contributed by atoms with Crippen molar-refractivity contribution in [3.8, 4) is 0 Å². The van der Waals surface area contributed by atoms with Crippen molar-refractivity contribution in [2.45, 2.75) is 29.7 Å². The quantitative estimate of drug-likeness (QED) is 0.257. The van der Waals surface area contributed by atoms with Crippen LogP contribution in [0.25, 0.3) is 21.0 Å². The highest BCUT2D eigenvalue weighted by molar-refractivity contribution is 7.91. The van der Waals surface area contributed by atoms with Crippen molar-refractivity contribution < 1.29 is 17.6 Å². The molecule has 4 heterocycles. The number of benzene rings is 3. The summed E-state index contributed by atoms with van der Waals surface area (Å²) in [5.41, 5.74) is 2.79. The van der Waals surface area contributed by atoms with Crippen LogP contribution < -0.4 is 10.7 Å². The Labute approximate surface area is 240 Å². The number of piperidine rings is 1. The standard InChI is InChI=1S/C21H21ClN2O3S2.C8H5NO2/c22-18-5-3-6-19-17(18)13-27-14-24(19)16-8-10-23(11-9-16)29(25,26)21-12-15-4-1-2-7-20(15)28-21;10-8-9-7-4-2-1-3-6(7)5-11-8/h1-7,12,16H,8-11,13-14H2;1-5H. The second-order valence-corrected chi connectivity index (χ2v) is 13.3. The predicted octanol–water partition coefficient (Wildman–Crippen LogP) is 5.89. The normalized spacial score (nSPS) is 16.5. The minimum absolute atomic E-state index is 0.237. The Kier molecular flexibility index (Phi) is 7.61. The van der Waals surface area contributed by atoms with E-state index in [2.05, 4.69) is 20.4 Å². The van der Waals surface area contributed by atoms with E-state index >= 15 is 0 Å². The minimum atomic E-state index is -3.46. The zero-order valence-corrected chi connectivity index (χ0v) is 23.8. The second-order valence-electron chi connectivity index (χ2n) is 9.60. The fourth-order valence-electron chi connectivity index (χ4n) is 5.11. The number of para-hydroxylation sites is 1. The molecule has 5 aromatic rings. The topological polar surface area (TPSA) is 93.0 Å². The van der Waals surface area contributed by atoms with Gasteiger partial charge in [0, 0.05) is 45.5 Å². The van der Waals surface area contributed by atoms with E-state index < -0.39 is 15.8 Å². The minimum Gasteiger partial charge on any atom is -0.416 e. The van der Waals surface area contributed by atoms with Crippen molar-refractivity contribution in [3.05, 3.63) is 100 Å². The molecular weight excluding hydrogens is 570 g/mol. The van der Waals surface area contributed by atoms with E-state index in [1.54, 1.807) is 16.4 Å². The summed E-state index contributed by atoms with van der Waals surface area (Å²) in [6.07, 6.45) is 2.93. The van der Waals surface area contributed by atoms with Gasteiger partial charge in [-0.1, -0.05) is 48.0 Å². The van der Waals surface area contributed by atoms with Gasteiger partial charge in [-0.15, -0.1) is 11.3 Å². The molecule has 0 bridgehead atoms. The summed E-state index contributed by atoms with van der Waals surface area (Å²) in [5.74, 6) is -0.552. The SMILES string of the molecule is O=S(=O)(c1cc2ccccc2s1)N1CCC(N2COCc3c(Cl)cccc32)CC1.O=c1nc2ccccc2co1. The van der Waals surface area contributed by atoms with E-state index in [0.717, 1.165) is 44.6 Å². The molecule has 0 spiro atoms. The van der Waals surface area contributed by atoms with Gasteiger partial charge in [0.15, 0.2) is 0 Å². The molecule has 1 fully saturated rings. The maximum Gasteiger partial charge on any atom is 0.439 e. The summed E-state index contributed by atoms with van der Waals surface area (Å²) in [7, 11) is -3.46. The van der Waals surface area contributed by atoms with Crippen LogP contribution in [0.4, 0.5) is 5.69 Å². The Morgan fingerprint density at radius 2 is 1.70 bits per heavy atom. The van der Waals surface area contributed by atoms with Crippen molar-refractivity contribution >= 4 is 59.6 Å². The van der Waals surface area contributed by atoms with Crippen LogP contribution in [0.5, 0.6) is 0 Å². The lowest BCUT2D eigenvalue weighted by Gasteiger charge is -2.41. The number of ether oxygens (including phenoxy) is 1. The van der Waals surface area contributed by atoms with Crippen molar-refractivity contribution in [1.82, 2.24) is 9.29 Å². The molecule has 7 rings (SSSR count). The summed E-state index contributed by atoms with van der Waals surface area (Å²) in [4.78, 5) is 16.5. The molecule has 0 aliphatic carbocycles. The maximum absolute atomic E-state index is 13.2. The first-order chi connectivity index (χ1) is 19.4. The summed E-state index contributed by atoms with van der Waals surface area (Å²) in [5, 5.41) is 2.54. The van der Waals surface area contributed by atoms with Gasteiger partial charge in [0.1, 0.15) is 17.2 Å². The highest BCUT2D eigenvalue weighted by atomic mass is 35.5. The molecule has 0 atom stereocenters. The lowest BCUT2D eigenvalue weighted by Crippen LogP contribution is -2.48. The summed E-state index contributed by atoms with van der Waals surface area (Å²) < 4.78 is 39.7. The van der Waals surface area contributed by atoms with Gasteiger partial charge in [-0.2, -0.15) is 9.29 Å². The van der Waals surface area contributed by atoms with Crippen LogP contribution in [0.1, 0.15) is 18.4 Å². The van der Waals surface area contributed by atoms with Crippen LogP contribution in [0.3, 0.4) is 0 Å². The Hall–Kier alpha value is -3.28. The lowest BCUT2D eigenvalue weighted by molar-refractivity contribution is 0.0988. The smallest absolute Gasteiger partial charge is 0.416 e. The van der Waals surface area contributed by atoms with Crippen molar-refractivity contribution in [1.29, 1.82) is 0 Å². The average Bonchev–Trinajstić information content (AvgIpc) is 3.43. The van der Waals surface area contributed by atoms with E-state index in [1.165, 1.54) is 17.6 Å².